The molecule has 0 radical (unpaired) electrons. The molecule has 0 saturated carbocycles. The van der Waals surface area contributed by atoms with Crippen molar-refractivity contribution in [3.63, 3.8) is 0 Å². The first-order valence-corrected chi connectivity index (χ1v) is 9.39. The Morgan fingerprint density at radius 1 is 1.36 bits per heavy atom. The molecule has 0 unspecified atom stereocenters. The van der Waals surface area contributed by atoms with Gasteiger partial charge in [-0.15, -0.1) is 0 Å². The van der Waals surface area contributed by atoms with E-state index in [2.05, 4.69) is 15.0 Å². The van der Waals surface area contributed by atoms with Crippen LogP contribution >= 0.6 is 35.0 Å². The van der Waals surface area contributed by atoms with Crippen molar-refractivity contribution < 1.29 is 4.79 Å². The van der Waals surface area contributed by atoms with Crippen LogP contribution < -0.4 is 5.73 Å². The molecule has 8 heteroatoms. The van der Waals surface area contributed by atoms with Gasteiger partial charge in [-0.1, -0.05) is 35.0 Å². The standard InChI is InChI=1S/C17H16Cl2N4OS/c1-17(3-5-25-16(20)23-17)14-7-10(2-4-21-14)6-13(24)15-12(19)8-11(18)9-22-15/h2,4,7-9H,3,5-6H2,1H3,(H2,20,23)/t17-/m0/s1. The summed E-state index contributed by atoms with van der Waals surface area (Å²) < 4.78 is 0. The first kappa shape index (κ1) is 18.2. The Morgan fingerprint density at radius 2 is 2.16 bits per heavy atom. The third-order valence-corrected chi connectivity index (χ3v) is 5.30. The van der Waals surface area contributed by atoms with Crippen LogP contribution in [-0.4, -0.2) is 26.7 Å². The van der Waals surface area contributed by atoms with Crippen molar-refractivity contribution in [1.82, 2.24) is 9.97 Å². The number of hydrogen-bond acceptors (Lipinski definition) is 6. The third kappa shape index (κ3) is 4.14. The Kier molecular flexibility index (Phi) is 5.32. The number of rotatable bonds is 4. The number of ketones is 1. The largest absolute Gasteiger partial charge is 0.379 e. The highest BCUT2D eigenvalue weighted by Gasteiger charge is 2.31. The number of hydrogen-bond donors (Lipinski definition) is 1. The number of thioether (sulfide) groups is 1. The van der Waals surface area contributed by atoms with E-state index in [1.165, 1.54) is 12.3 Å². The van der Waals surface area contributed by atoms with Crippen LogP contribution in [0.15, 0.2) is 35.6 Å². The van der Waals surface area contributed by atoms with E-state index in [1.807, 2.05) is 13.0 Å². The van der Waals surface area contributed by atoms with E-state index in [1.54, 1.807) is 24.0 Å². The van der Waals surface area contributed by atoms with Crippen molar-refractivity contribution in [3.8, 4) is 0 Å². The molecule has 1 aliphatic heterocycles. The van der Waals surface area contributed by atoms with Gasteiger partial charge in [-0.3, -0.25) is 9.78 Å². The normalized spacial score (nSPS) is 20.2. The minimum Gasteiger partial charge on any atom is -0.379 e. The van der Waals surface area contributed by atoms with Crippen LogP contribution in [0, 0.1) is 0 Å². The van der Waals surface area contributed by atoms with Gasteiger partial charge in [0.2, 0.25) is 0 Å². The summed E-state index contributed by atoms with van der Waals surface area (Å²) in [5.41, 5.74) is 7.25. The Hall–Kier alpha value is -1.63. The first-order valence-electron chi connectivity index (χ1n) is 7.65. The van der Waals surface area contributed by atoms with Gasteiger partial charge in [0.1, 0.15) is 11.2 Å². The highest BCUT2D eigenvalue weighted by molar-refractivity contribution is 8.13. The quantitative estimate of drug-likeness (QED) is 0.795. The number of nitrogens with two attached hydrogens (primary N) is 1. The average Bonchev–Trinajstić information content (AvgIpc) is 2.54. The van der Waals surface area contributed by atoms with Gasteiger partial charge in [-0.05, 0) is 37.1 Å². The predicted octanol–water partition coefficient (Wildman–Crippen LogP) is 3.88. The second-order valence-electron chi connectivity index (χ2n) is 5.96. The fourth-order valence-electron chi connectivity index (χ4n) is 2.64. The second kappa shape index (κ2) is 7.32. The lowest BCUT2D eigenvalue weighted by atomic mass is 9.92. The van der Waals surface area contributed by atoms with E-state index >= 15 is 0 Å². The second-order valence-corrected chi connectivity index (χ2v) is 7.91. The zero-order valence-corrected chi connectivity index (χ0v) is 15.8. The number of carbonyl (C=O) groups excluding carboxylic acids is 1. The zero-order chi connectivity index (χ0) is 18.0. The van der Waals surface area contributed by atoms with Gasteiger partial charge < -0.3 is 5.73 Å². The summed E-state index contributed by atoms with van der Waals surface area (Å²) in [6.07, 6.45) is 4.12. The molecule has 0 aromatic carbocycles. The summed E-state index contributed by atoms with van der Waals surface area (Å²) in [7, 11) is 0. The molecule has 25 heavy (non-hydrogen) atoms. The lowest BCUT2D eigenvalue weighted by Gasteiger charge is -2.28. The molecule has 0 saturated heterocycles. The van der Waals surface area contributed by atoms with Crippen LogP contribution in [0.5, 0.6) is 0 Å². The molecule has 2 aromatic rings. The predicted molar refractivity (Wildman–Crippen MR) is 103 cm³/mol. The third-order valence-electron chi connectivity index (χ3n) is 4.01. The van der Waals surface area contributed by atoms with Crippen molar-refractivity contribution in [2.45, 2.75) is 25.3 Å². The topological polar surface area (TPSA) is 81.2 Å². The van der Waals surface area contributed by atoms with E-state index in [4.69, 9.17) is 28.9 Å². The molecule has 1 aliphatic rings. The van der Waals surface area contributed by atoms with E-state index in [9.17, 15) is 4.79 Å². The van der Waals surface area contributed by atoms with Crippen LogP contribution in [-0.2, 0) is 12.0 Å². The molecule has 2 aromatic heterocycles. The summed E-state index contributed by atoms with van der Waals surface area (Å²) in [6, 6.07) is 5.22. The molecule has 5 nitrogen and oxygen atoms in total. The number of Topliss-reactive ketones (excluding diaryl/α,β-unsaturated/α-hetero) is 1. The summed E-state index contributed by atoms with van der Waals surface area (Å²) in [5.74, 6) is 0.715. The van der Waals surface area contributed by atoms with Gasteiger partial charge in [-0.25, -0.2) is 9.98 Å². The van der Waals surface area contributed by atoms with Crippen molar-refractivity contribution in [2.75, 3.05) is 5.75 Å². The van der Waals surface area contributed by atoms with Gasteiger partial charge in [0, 0.05) is 24.6 Å². The van der Waals surface area contributed by atoms with Crippen molar-refractivity contribution in [3.05, 3.63) is 57.6 Å². The summed E-state index contributed by atoms with van der Waals surface area (Å²) in [4.78, 5) is 25.5. The minimum absolute atomic E-state index is 0.175. The lowest BCUT2D eigenvalue weighted by Crippen LogP contribution is -2.29. The fraction of sp³-hybridized carbons (Fsp3) is 0.294. The van der Waals surface area contributed by atoms with Crippen LogP contribution in [0.3, 0.4) is 0 Å². The van der Waals surface area contributed by atoms with Gasteiger partial charge >= 0.3 is 0 Å². The monoisotopic (exact) mass is 394 g/mol. The van der Waals surface area contributed by atoms with Crippen molar-refractivity contribution >= 4 is 45.9 Å². The molecule has 1 atom stereocenters. The van der Waals surface area contributed by atoms with E-state index in [-0.39, 0.29) is 22.9 Å². The maximum atomic E-state index is 12.5. The van der Waals surface area contributed by atoms with E-state index in [0.29, 0.717) is 10.2 Å². The molecule has 0 aliphatic carbocycles. The Balaban J connectivity index is 1.85. The van der Waals surface area contributed by atoms with Crippen LogP contribution in [0.2, 0.25) is 10.0 Å². The number of carbonyl (C=O) groups is 1. The minimum atomic E-state index is -0.468. The number of aromatic nitrogens is 2. The van der Waals surface area contributed by atoms with Crippen LogP contribution in [0.4, 0.5) is 0 Å². The molecule has 0 fully saturated rings. The molecular weight excluding hydrogens is 379 g/mol. The fourth-order valence-corrected chi connectivity index (χ4v) is 4.10. The van der Waals surface area contributed by atoms with Gasteiger partial charge in [-0.2, -0.15) is 0 Å². The molecule has 130 valence electrons. The van der Waals surface area contributed by atoms with E-state index in [0.717, 1.165) is 23.4 Å². The Bertz CT molecular complexity index is 858. The molecule has 2 N–H and O–H groups in total. The number of pyridine rings is 2. The molecule has 3 rings (SSSR count). The Labute approximate surface area is 160 Å². The summed E-state index contributed by atoms with van der Waals surface area (Å²) in [5, 5.41) is 1.21. The van der Waals surface area contributed by atoms with Crippen LogP contribution in [0.1, 0.15) is 35.1 Å². The average molecular weight is 395 g/mol. The van der Waals surface area contributed by atoms with Gasteiger partial charge in [0.25, 0.3) is 0 Å². The molecular formula is C17H16Cl2N4OS. The summed E-state index contributed by atoms with van der Waals surface area (Å²) in [6.45, 7) is 2.01. The SMILES string of the molecule is C[C@@]1(c2cc(CC(=O)c3ncc(Cl)cc3Cl)ccn2)CCSC(N)=N1. The number of amidine groups is 1. The molecule has 0 bridgehead atoms. The number of halogens is 2. The molecule has 0 amide bonds. The van der Waals surface area contributed by atoms with Crippen molar-refractivity contribution in [2.24, 2.45) is 10.7 Å². The maximum Gasteiger partial charge on any atom is 0.187 e. The zero-order valence-electron chi connectivity index (χ0n) is 13.5. The number of nitrogens with zero attached hydrogens (tertiary/aromatic N) is 3. The number of aliphatic imine (C=N–C) groups is 1. The maximum absolute atomic E-state index is 12.5. The first-order chi connectivity index (χ1) is 11.9. The molecule has 0 spiro atoms. The van der Waals surface area contributed by atoms with Crippen molar-refractivity contribution in [1.29, 1.82) is 0 Å². The Morgan fingerprint density at radius 3 is 2.88 bits per heavy atom. The smallest absolute Gasteiger partial charge is 0.187 e. The molecule has 3 heterocycles. The lowest BCUT2D eigenvalue weighted by molar-refractivity contribution is 0.0988. The van der Waals surface area contributed by atoms with Crippen LogP contribution in [0.25, 0.3) is 0 Å². The van der Waals surface area contributed by atoms with Gasteiger partial charge in [0.15, 0.2) is 11.0 Å². The highest BCUT2D eigenvalue weighted by Crippen LogP contribution is 2.34. The summed E-state index contributed by atoms with van der Waals surface area (Å²) >= 11 is 13.4. The van der Waals surface area contributed by atoms with E-state index < -0.39 is 5.54 Å². The van der Waals surface area contributed by atoms with Gasteiger partial charge in [0.05, 0.1) is 15.7 Å². The highest BCUT2D eigenvalue weighted by atomic mass is 35.5.